The maximum absolute atomic E-state index is 11.5. The molecule has 1 rings (SSSR count). The Balaban J connectivity index is 2.44. The van der Waals surface area contributed by atoms with Gasteiger partial charge in [0.2, 0.25) is 0 Å². The van der Waals surface area contributed by atoms with Crippen molar-refractivity contribution in [2.24, 2.45) is 11.7 Å². The highest BCUT2D eigenvalue weighted by molar-refractivity contribution is 5.73. The van der Waals surface area contributed by atoms with Crippen molar-refractivity contribution in [3.63, 3.8) is 0 Å². The highest BCUT2D eigenvalue weighted by atomic mass is 16.5. The third-order valence-electron chi connectivity index (χ3n) is 2.47. The maximum Gasteiger partial charge on any atom is 0.310 e. The summed E-state index contributed by atoms with van der Waals surface area (Å²) < 4.78 is 5.14. The van der Waals surface area contributed by atoms with Crippen LogP contribution in [0.15, 0.2) is 0 Å². The molecule has 2 N–H and O–H groups in total. The fourth-order valence-electron chi connectivity index (χ4n) is 1.77. The summed E-state index contributed by atoms with van der Waals surface area (Å²) >= 11 is 0. The SMILES string of the molecule is CC(C)OC(=O)[C@H]1CCCC[C@H]1N. The molecule has 1 aliphatic rings. The van der Waals surface area contributed by atoms with E-state index in [2.05, 4.69) is 0 Å². The normalized spacial score (nSPS) is 28.9. The number of hydrogen-bond donors (Lipinski definition) is 1. The summed E-state index contributed by atoms with van der Waals surface area (Å²) in [5.74, 6) is -0.168. The Morgan fingerprint density at radius 3 is 2.54 bits per heavy atom. The first-order valence-electron chi connectivity index (χ1n) is 5.07. The second-order valence-corrected chi connectivity index (χ2v) is 4.04. The molecule has 2 atom stereocenters. The van der Waals surface area contributed by atoms with E-state index < -0.39 is 0 Å². The second kappa shape index (κ2) is 4.61. The molecule has 0 aliphatic heterocycles. The Morgan fingerprint density at radius 1 is 1.38 bits per heavy atom. The molecule has 1 saturated carbocycles. The van der Waals surface area contributed by atoms with Gasteiger partial charge in [0.25, 0.3) is 0 Å². The molecule has 0 heterocycles. The Kier molecular flexibility index (Phi) is 3.72. The van der Waals surface area contributed by atoms with Crippen LogP contribution in [0.1, 0.15) is 39.5 Å². The van der Waals surface area contributed by atoms with Crippen LogP contribution in [0.2, 0.25) is 0 Å². The lowest BCUT2D eigenvalue weighted by Crippen LogP contribution is -2.39. The summed E-state index contributed by atoms with van der Waals surface area (Å²) in [6.45, 7) is 3.73. The minimum absolute atomic E-state index is 0.0139. The molecule has 1 aliphatic carbocycles. The summed E-state index contributed by atoms with van der Waals surface area (Å²) in [5, 5.41) is 0. The van der Waals surface area contributed by atoms with E-state index in [0.29, 0.717) is 0 Å². The smallest absolute Gasteiger partial charge is 0.310 e. The number of carbonyl (C=O) groups excluding carboxylic acids is 1. The first-order valence-corrected chi connectivity index (χ1v) is 5.07. The lowest BCUT2D eigenvalue weighted by atomic mass is 9.85. The third kappa shape index (κ3) is 2.99. The lowest BCUT2D eigenvalue weighted by molar-refractivity contribution is -0.154. The van der Waals surface area contributed by atoms with Crippen LogP contribution in [0.3, 0.4) is 0 Å². The van der Waals surface area contributed by atoms with Crippen molar-refractivity contribution in [3.05, 3.63) is 0 Å². The molecule has 0 unspecified atom stereocenters. The van der Waals surface area contributed by atoms with Crippen molar-refractivity contribution < 1.29 is 9.53 Å². The molecule has 3 heteroatoms. The second-order valence-electron chi connectivity index (χ2n) is 4.04. The van der Waals surface area contributed by atoms with E-state index in [-0.39, 0.29) is 24.0 Å². The standard InChI is InChI=1S/C10H19NO2/c1-7(2)13-10(12)8-5-3-4-6-9(8)11/h7-9H,3-6,11H2,1-2H3/t8-,9+/m0/s1. The van der Waals surface area contributed by atoms with Gasteiger partial charge in [-0.1, -0.05) is 12.8 Å². The van der Waals surface area contributed by atoms with Crippen molar-refractivity contribution in [1.82, 2.24) is 0 Å². The van der Waals surface area contributed by atoms with E-state index in [1.807, 2.05) is 13.8 Å². The maximum atomic E-state index is 11.5. The minimum atomic E-state index is -0.109. The van der Waals surface area contributed by atoms with Crippen molar-refractivity contribution in [1.29, 1.82) is 0 Å². The Labute approximate surface area is 79.6 Å². The van der Waals surface area contributed by atoms with Gasteiger partial charge in [-0.2, -0.15) is 0 Å². The van der Waals surface area contributed by atoms with Crippen LogP contribution < -0.4 is 5.73 Å². The molecule has 0 radical (unpaired) electrons. The molecule has 76 valence electrons. The van der Waals surface area contributed by atoms with Crippen LogP contribution in [0.4, 0.5) is 0 Å². The number of nitrogens with two attached hydrogens (primary N) is 1. The van der Waals surface area contributed by atoms with Gasteiger partial charge in [0.1, 0.15) is 0 Å². The van der Waals surface area contributed by atoms with Crippen molar-refractivity contribution >= 4 is 5.97 Å². The zero-order chi connectivity index (χ0) is 9.84. The minimum Gasteiger partial charge on any atom is -0.463 e. The van der Waals surface area contributed by atoms with E-state index in [0.717, 1.165) is 25.7 Å². The first-order chi connectivity index (χ1) is 6.11. The van der Waals surface area contributed by atoms with Gasteiger partial charge in [0.15, 0.2) is 0 Å². The van der Waals surface area contributed by atoms with E-state index >= 15 is 0 Å². The fourth-order valence-corrected chi connectivity index (χ4v) is 1.77. The van der Waals surface area contributed by atoms with Gasteiger partial charge in [0, 0.05) is 6.04 Å². The Morgan fingerprint density at radius 2 is 2.00 bits per heavy atom. The molecule has 0 aromatic carbocycles. The van der Waals surface area contributed by atoms with Crippen LogP contribution in [0.5, 0.6) is 0 Å². The highest BCUT2D eigenvalue weighted by Crippen LogP contribution is 2.24. The van der Waals surface area contributed by atoms with Crippen LogP contribution in [-0.2, 0) is 9.53 Å². The van der Waals surface area contributed by atoms with Crippen molar-refractivity contribution in [2.45, 2.75) is 51.7 Å². The zero-order valence-corrected chi connectivity index (χ0v) is 8.45. The summed E-state index contributed by atoms with van der Waals surface area (Å²) in [5.41, 5.74) is 5.85. The molecular weight excluding hydrogens is 166 g/mol. The summed E-state index contributed by atoms with van der Waals surface area (Å²) in [6.07, 6.45) is 4.07. The predicted octanol–water partition coefficient (Wildman–Crippen LogP) is 1.46. The molecule has 0 aromatic heterocycles. The number of hydrogen-bond acceptors (Lipinski definition) is 3. The van der Waals surface area contributed by atoms with E-state index in [9.17, 15) is 4.79 Å². The zero-order valence-electron chi connectivity index (χ0n) is 8.45. The van der Waals surface area contributed by atoms with Gasteiger partial charge in [-0.15, -0.1) is 0 Å². The first kappa shape index (κ1) is 10.5. The summed E-state index contributed by atoms with van der Waals surface area (Å²) in [4.78, 5) is 11.5. The highest BCUT2D eigenvalue weighted by Gasteiger charge is 2.29. The van der Waals surface area contributed by atoms with Gasteiger partial charge in [0.05, 0.1) is 12.0 Å². The molecule has 0 spiro atoms. The molecular formula is C10H19NO2. The largest absolute Gasteiger partial charge is 0.463 e. The van der Waals surface area contributed by atoms with Gasteiger partial charge in [-0.3, -0.25) is 4.79 Å². The van der Waals surface area contributed by atoms with Gasteiger partial charge in [-0.25, -0.2) is 0 Å². The number of carbonyl (C=O) groups is 1. The van der Waals surface area contributed by atoms with Crippen LogP contribution in [0, 0.1) is 5.92 Å². The van der Waals surface area contributed by atoms with Crippen molar-refractivity contribution in [2.75, 3.05) is 0 Å². The topological polar surface area (TPSA) is 52.3 Å². The average Bonchev–Trinajstić information content (AvgIpc) is 2.03. The molecule has 0 saturated heterocycles. The molecule has 0 bridgehead atoms. The van der Waals surface area contributed by atoms with Crippen LogP contribution in [-0.4, -0.2) is 18.1 Å². The Hall–Kier alpha value is -0.570. The van der Waals surface area contributed by atoms with Crippen LogP contribution >= 0.6 is 0 Å². The molecule has 1 fully saturated rings. The van der Waals surface area contributed by atoms with Gasteiger partial charge >= 0.3 is 5.97 Å². The summed E-state index contributed by atoms with van der Waals surface area (Å²) in [6, 6.07) is 0.0139. The molecule has 3 nitrogen and oxygen atoms in total. The average molecular weight is 185 g/mol. The quantitative estimate of drug-likeness (QED) is 0.662. The predicted molar refractivity (Wildman–Crippen MR) is 51.2 cm³/mol. The van der Waals surface area contributed by atoms with E-state index in [1.165, 1.54) is 0 Å². The lowest BCUT2D eigenvalue weighted by Gasteiger charge is -2.27. The van der Waals surface area contributed by atoms with Crippen LogP contribution in [0.25, 0.3) is 0 Å². The molecule has 0 aromatic rings. The van der Waals surface area contributed by atoms with Crippen molar-refractivity contribution in [3.8, 4) is 0 Å². The fraction of sp³-hybridized carbons (Fsp3) is 0.900. The van der Waals surface area contributed by atoms with Gasteiger partial charge < -0.3 is 10.5 Å². The van der Waals surface area contributed by atoms with E-state index in [4.69, 9.17) is 10.5 Å². The number of rotatable bonds is 2. The number of esters is 1. The molecule has 0 amide bonds. The third-order valence-corrected chi connectivity index (χ3v) is 2.47. The molecule has 13 heavy (non-hydrogen) atoms. The summed E-state index contributed by atoms with van der Waals surface area (Å²) in [7, 11) is 0. The van der Waals surface area contributed by atoms with Gasteiger partial charge in [-0.05, 0) is 26.7 Å². The van der Waals surface area contributed by atoms with E-state index in [1.54, 1.807) is 0 Å². The Bertz CT molecular complexity index is 180. The monoisotopic (exact) mass is 185 g/mol. The number of ether oxygens (including phenoxy) is 1.